The van der Waals surface area contributed by atoms with Gasteiger partial charge in [0, 0.05) is 45.7 Å². The zero-order valence-electron chi connectivity index (χ0n) is 12.1. The van der Waals surface area contributed by atoms with Gasteiger partial charge >= 0.3 is 0 Å². The zero-order chi connectivity index (χ0) is 13.3. The molecule has 19 heavy (non-hydrogen) atoms. The normalized spacial score (nSPS) is 22.3. The highest BCUT2D eigenvalue weighted by atomic mass is 16.1. The number of hydrogen-bond donors (Lipinski definition) is 2. The molecule has 2 rings (SSSR count). The molecule has 110 valence electrons. The van der Waals surface area contributed by atoms with E-state index in [4.69, 9.17) is 0 Å². The smallest absolute Gasteiger partial charge is 0.220 e. The molecule has 0 radical (unpaired) electrons. The van der Waals surface area contributed by atoms with Gasteiger partial charge in [0.25, 0.3) is 0 Å². The topological polar surface area (TPSA) is 44.4 Å². The maximum atomic E-state index is 11.8. The van der Waals surface area contributed by atoms with Gasteiger partial charge in [-0.2, -0.15) is 0 Å². The molecule has 1 saturated carbocycles. The molecule has 1 saturated heterocycles. The molecule has 0 unspecified atom stereocenters. The third kappa shape index (κ3) is 5.91. The minimum Gasteiger partial charge on any atom is -0.355 e. The van der Waals surface area contributed by atoms with Gasteiger partial charge in [-0.05, 0) is 12.3 Å². The summed E-state index contributed by atoms with van der Waals surface area (Å²) in [7, 11) is 0. The second-order valence-corrected chi connectivity index (χ2v) is 5.98. The Morgan fingerprint density at radius 1 is 1.16 bits per heavy atom. The van der Waals surface area contributed by atoms with Gasteiger partial charge in [0.1, 0.15) is 0 Å². The van der Waals surface area contributed by atoms with Crippen LogP contribution in [-0.4, -0.2) is 50.1 Å². The van der Waals surface area contributed by atoms with Crippen molar-refractivity contribution >= 4 is 5.91 Å². The van der Waals surface area contributed by atoms with Crippen LogP contribution in [0.2, 0.25) is 0 Å². The van der Waals surface area contributed by atoms with Crippen LogP contribution in [-0.2, 0) is 4.79 Å². The molecule has 4 heteroatoms. The summed E-state index contributed by atoms with van der Waals surface area (Å²) in [6.07, 6.45) is 8.64. The van der Waals surface area contributed by atoms with E-state index in [9.17, 15) is 4.79 Å². The number of piperazine rings is 1. The van der Waals surface area contributed by atoms with E-state index in [1.807, 2.05) is 0 Å². The minimum atomic E-state index is 0.251. The Bertz CT molecular complexity index is 258. The Labute approximate surface area is 117 Å². The molecule has 2 N–H and O–H groups in total. The number of nitrogens with one attached hydrogen (secondary N) is 2. The molecule has 1 heterocycles. The molecule has 0 spiro atoms. The summed E-state index contributed by atoms with van der Waals surface area (Å²) in [5.41, 5.74) is 0. The molecule has 0 aromatic rings. The monoisotopic (exact) mass is 267 g/mol. The minimum absolute atomic E-state index is 0.251. The zero-order valence-corrected chi connectivity index (χ0v) is 12.1. The first kappa shape index (κ1) is 14.8. The van der Waals surface area contributed by atoms with Crippen molar-refractivity contribution < 1.29 is 4.79 Å². The first-order chi connectivity index (χ1) is 9.34. The predicted octanol–water partition coefficient (Wildman–Crippen LogP) is 1.37. The van der Waals surface area contributed by atoms with Gasteiger partial charge in [0.05, 0.1) is 0 Å². The molecule has 2 aliphatic rings. The van der Waals surface area contributed by atoms with Gasteiger partial charge in [-0.3, -0.25) is 9.69 Å². The van der Waals surface area contributed by atoms with E-state index in [2.05, 4.69) is 15.5 Å². The number of rotatable bonds is 6. The molecule has 1 amide bonds. The number of carbonyl (C=O) groups excluding carboxylic acids is 1. The van der Waals surface area contributed by atoms with Crippen LogP contribution < -0.4 is 10.6 Å². The van der Waals surface area contributed by atoms with Gasteiger partial charge in [0.2, 0.25) is 5.91 Å². The maximum Gasteiger partial charge on any atom is 0.220 e. The average molecular weight is 267 g/mol. The summed E-state index contributed by atoms with van der Waals surface area (Å²) in [4.78, 5) is 14.2. The van der Waals surface area contributed by atoms with E-state index in [-0.39, 0.29) is 5.91 Å². The fourth-order valence-corrected chi connectivity index (χ4v) is 3.19. The second-order valence-electron chi connectivity index (χ2n) is 5.98. The molecule has 1 aliphatic heterocycles. The molecule has 0 atom stereocenters. The van der Waals surface area contributed by atoms with E-state index >= 15 is 0 Å². The number of hydrogen-bond acceptors (Lipinski definition) is 3. The number of carbonyl (C=O) groups is 1. The largest absolute Gasteiger partial charge is 0.355 e. The van der Waals surface area contributed by atoms with Crippen LogP contribution in [0, 0.1) is 5.92 Å². The highest BCUT2D eigenvalue weighted by Crippen LogP contribution is 2.27. The van der Waals surface area contributed by atoms with Crippen LogP contribution in [0.25, 0.3) is 0 Å². The van der Waals surface area contributed by atoms with Crippen LogP contribution >= 0.6 is 0 Å². The van der Waals surface area contributed by atoms with Gasteiger partial charge in [-0.15, -0.1) is 0 Å². The van der Waals surface area contributed by atoms with E-state index in [0.29, 0.717) is 0 Å². The van der Waals surface area contributed by atoms with Gasteiger partial charge < -0.3 is 10.6 Å². The Morgan fingerprint density at radius 2 is 1.89 bits per heavy atom. The van der Waals surface area contributed by atoms with E-state index < -0.39 is 0 Å². The summed E-state index contributed by atoms with van der Waals surface area (Å²) in [5.74, 6) is 1.06. The first-order valence-corrected chi connectivity index (χ1v) is 8.04. The molecular formula is C15H29N3O. The van der Waals surface area contributed by atoms with Crippen molar-refractivity contribution in [3.8, 4) is 0 Å². The number of nitrogens with zero attached hydrogens (tertiary/aromatic N) is 1. The lowest BCUT2D eigenvalue weighted by molar-refractivity contribution is -0.121. The molecule has 0 bridgehead atoms. The number of amides is 1. The highest BCUT2D eigenvalue weighted by Gasteiger charge is 2.15. The van der Waals surface area contributed by atoms with Crippen LogP contribution in [0.3, 0.4) is 0 Å². The van der Waals surface area contributed by atoms with Crippen molar-refractivity contribution in [1.82, 2.24) is 15.5 Å². The van der Waals surface area contributed by atoms with Gasteiger partial charge in [-0.25, -0.2) is 0 Å². The van der Waals surface area contributed by atoms with E-state index in [0.717, 1.165) is 58.0 Å². The van der Waals surface area contributed by atoms with Crippen molar-refractivity contribution in [1.29, 1.82) is 0 Å². The SMILES string of the molecule is O=C(CCC1CCCCC1)NCCN1CCNCC1. The summed E-state index contributed by atoms with van der Waals surface area (Å²) < 4.78 is 0. The molecule has 1 aliphatic carbocycles. The molecule has 0 aromatic carbocycles. The van der Waals surface area contributed by atoms with E-state index in [1.165, 1.54) is 32.1 Å². The highest BCUT2D eigenvalue weighted by molar-refractivity contribution is 5.75. The summed E-state index contributed by atoms with van der Waals surface area (Å²) in [6.45, 7) is 6.18. The fourth-order valence-electron chi connectivity index (χ4n) is 3.19. The van der Waals surface area contributed by atoms with Gasteiger partial charge in [0.15, 0.2) is 0 Å². The Kier molecular flexibility index (Phi) is 6.65. The molecule has 0 aromatic heterocycles. The van der Waals surface area contributed by atoms with Crippen molar-refractivity contribution in [3.63, 3.8) is 0 Å². The lowest BCUT2D eigenvalue weighted by Gasteiger charge is -2.27. The summed E-state index contributed by atoms with van der Waals surface area (Å²) in [5, 5.41) is 6.41. The lowest BCUT2D eigenvalue weighted by Crippen LogP contribution is -2.46. The lowest BCUT2D eigenvalue weighted by atomic mass is 9.86. The molecule has 2 fully saturated rings. The Balaban J connectivity index is 1.49. The first-order valence-electron chi connectivity index (χ1n) is 8.04. The fraction of sp³-hybridized carbons (Fsp3) is 0.933. The average Bonchev–Trinajstić information content (AvgIpc) is 2.47. The van der Waals surface area contributed by atoms with Crippen LogP contribution in [0.5, 0.6) is 0 Å². The summed E-state index contributed by atoms with van der Waals surface area (Å²) >= 11 is 0. The Morgan fingerprint density at radius 3 is 2.63 bits per heavy atom. The van der Waals surface area contributed by atoms with Gasteiger partial charge in [-0.1, -0.05) is 32.1 Å². The quantitative estimate of drug-likeness (QED) is 0.764. The maximum absolute atomic E-state index is 11.8. The van der Waals surface area contributed by atoms with E-state index in [1.54, 1.807) is 0 Å². The third-order valence-electron chi connectivity index (χ3n) is 4.46. The van der Waals surface area contributed by atoms with Crippen LogP contribution in [0.1, 0.15) is 44.9 Å². The van der Waals surface area contributed by atoms with Crippen LogP contribution in [0.4, 0.5) is 0 Å². The molecule has 4 nitrogen and oxygen atoms in total. The third-order valence-corrected chi connectivity index (χ3v) is 4.46. The van der Waals surface area contributed by atoms with Crippen LogP contribution in [0.15, 0.2) is 0 Å². The standard InChI is InChI=1S/C15H29N3O/c19-15(7-6-14-4-2-1-3-5-14)17-10-13-18-11-8-16-9-12-18/h14,16H,1-13H2,(H,17,19). The van der Waals surface area contributed by atoms with Crippen molar-refractivity contribution in [2.45, 2.75) is 44.9 Å². The second kappa shape index (κ2) is 8.54. The van der Waals surface area contributed by atoms with Crippen molar-refractivity contribution in [3.05, 3.63) is 0 Å². The summed E-state index contributed by atoms with van der Waals surface area (Å²) in [6, 6.07) is 0. The van der Waals surface area contributed by atoms with Crippen molar-refractivity contribution in [2.24, 2.45) is 5.92 Å². The predicted molar refractivity (Wildman–Crippen MR) is 78.1 cm³/mol. The molecular weight excluding hydrogens is 238 g/mol. The Hall–Kier alpha value is -0.610. The van der Waals surface area contributed by atoms with Crippen molar-refractivity contribution in [2.75, 3.05) is 39.3 Å².